The maximum atomic E-state index is 12.5. The van der Waals surface area contributed by atoms with E-state index in [9.17, 15) is 4.79 Å². The van der Waals surface area contributed by atoms with Crippen molar-refractivity contribution in [1.29, 1.82) is 0 Å². The molecule has 2 heterocycles. The molecule has 116 valence electrons. The van der Waals surface area contributed by atoms with Crippen LogP contribution in [-0.4, -0.2) is 51.7 Å². The van der Waals surface area contributed by atoms with Gasteiger partial charge < -0.3 is 10.2 Å². The van der Waals surface area contributed by atoms with Gasteiger partial charge >= 0.3 is 0 Å². The fraction of sp³-hybridized carbons (Fsp3) is 0.400. The first kappa shape index (κ1) is 15.1. The van der Waals surface area contributed by atoms with E-state index < -0.39 is 0 Å². The minimum Gasteiger partial charge on any atom is -0.333 e. The Balaban J connectivity index is 1.62. The number of rotatable bonds is 4. The third-order valence-electron chi connectivity index (χ3n) is 3.73. The zero-order valence-corrected chi connectivity index (χ0v) is 13.3. The van der Waals surface area contributed by atoms with Crippen molar-refractivity contribution in [3.63, 3.8) is 0 Å². The van der Waals surface area contributed by atoms with E-state index in [4.69, 9.17) is 0 Å². The zero-order valence-electron chi connectivity index (χ0n) is 12.5. The van der Waals surface area contributed by atoms with Crippen LogP contribution in [0.4, 0.5) is 0 Å². The molecule has 1 saturated heterocycles. The van der Waals surface area contributed by atoms with Crippen LogP contribution in [0, 0.1) is 0 Å². The van der Waals surface area contributed by atoms with E-state index >= 15 is 0 Å². The molecular weight excluding hydrogens is 298 g/mol. The van der Waals surface area contributed by atoms with E-state index in [1.54, 1.807) is 11.8 Å². The third-order valence-corrected chi connectivity index (χ3v) is 4.68. The fourth-order valence-electron chi connectivity index (χ4n) is 2.47. The number of thioether (sulfide) groups is 1. The van der Waals surface area contributed by atoms with E-state index in [1.165, 1.54) is 6.33 Å². The van der Waals surface area contributed by atoms with Crippen LogP contribution in [-0.2, 0) is 5.75 Å². The normalized spacial score (nSPS) is 18.4. The molecule has 1 amide bonds. The molecule has 1 aliphatic heterocycles. The third kappa shape index (κ3) is 3.48. The van der Waals surface area contributed by atoms with E-state index in [2.05, 4.69) is 27.4 Å². The van der Waals surface area contributed by atoms with Gasteiger partial charge in [-0.2, -0.15) is 5.10 Å². The topological polar surface area (TPSA) is 73.9 Å². The van der Waals surface area contributed by atoms with Crippen LogP contribution in [0.25, 0.3) is 0 Å². The second-order valence-corrected chi connectivity index (χ2v) is 6.29. The Bertz CT molecular complexity index is 613. The molecule has 0 bridgehead atoms. The summed E-state index contributed by atoms with van der Waals surface area (Å²) in [6, 6.07) is 8.07. The van der Waals surface area contributed by atoms with Crippen LogP contribution in [0.2, 0.25) is 0 Å². The van der Waals surface area contributed by atoms with E-state index in [1.807, 2.05) is 29.2 Å². The van der Waals surface area contributed by atoms with E-state index in [-0.39, 0.29) is 11.9 Å². The summed E-state index contributed by atoms with van der Waals surface area (Å²) in [7, 11) is 0. The number of hydrogen-bond acceptors (Lipinski definition) is 5. The molecule has 2 N–H and O–H groups in total. The maximum absolute atomic E-state index is 12.5. The molecule has 0 radical (unpaired) electrons. The Morgan fingerprint density at radius 1 is 1.41 bits per heavy atom. The fourth-order valence-corrected chi connectivity index (χ4v) is 3.20. The van der Waals surface area contributed by atoms with Gasteiger partial charge in [-0.1, -0.05) is 23.9 Å². The molecule has 0 aliphatic carbocycles. The van der Waals surface area contributed by atoms with Gasteiger partial charge in [0.05, 0.1) is 0 Å². The number of hydrogen-bond donors (Lipinski definition) is 2. The highest BCUT2D eigenvalue weighted by Gasteiger charge is 2.23. The van der Waals surface area contributed by atoms with Crippen molar-refractivity contribution in [2.45, 2.75) is 23.9 Å². The standard InChI is InChI=1S/C15H19N5OS/c1-11-8-16-6-7-20(11)14(21)13-4-2-12(3-5-13)9-22-15-17-10-18-19-15/h2-5,10-11,16H,6-9H2,1H3,(H,17,18,19)/t11-/m0/s1. The number of aromatic nitrogens is 3. The number of nitrogens with one attached hydrogen (secondary N) is 2. The summed E-state index contributed by atoms with van der Waals surface area (Å²) in [6.45, 7) is 4.56. The summed E-state index contributed by atoms with van der Waals surface area (Å²) >= 11 is 1.59. The van der Waals surface area contributed by atoms with Gasteiger partial charge in [-0.15, -0.1) is 0 Å². The van der Waals surface area contributed by atoms with Gasteiger partial charge in [0.15, 0.2) is 5.16 Å². The molecule has 1 aliphatic rings. The van der Waals surface area contributed by atoms with Crippen LogP contribution >= 0.6 is 11.8 Å². The van der Waals surface area contributed by atoms with Gasteiger partial charge in [0.1, 0.15) is 6.33 Å². The lowest BCUT2D eigenvalue weighted by atomic mass is 10.1. The highest BCUT2D eigenvalue weighted by atomic mass is 32.2. The number of benzene rings is 1. The van der Waals surface area contributed by atoms with Gasteiger partial charge in [-0.25, -0.2) is 4.98 Å². The van der Waals surface area contributed by atoms with Crippen LogP contribution in [0.5, 0.6) is 0 Å². The van der Waals surface area contributed by atoms with Crippen LogP contribution in [0.1, 0.15) is 22.8 Å². The summed E-state index contributed by atoms with van der Waals surface area (Å²) in [5.74, 6) is 0.914. The molecule has 3 rings (SSSR count). The summed E-state index contributed by atoms with van der Waals surface area (Å²) < 4.78 is 0. The Labute approximate surface area is 133 Å². The highest BCUT2D eigenvalue weighted by molar-refractivity contribution is 7.98. The van der Waals surface area contributed by atoms with Crippen LogP contribution in [0.15, 0.2) is 35.7 Å². The van der Waals surface area contributed by atoms with E-state index in [0.717, 1.165) is 41.7 Å². The molecule has 7 heteroatoms. The summed E-state index contributed by atoms with van der Waals surface area (Å²) in [6.07, 6.45) is 1.50. The van der Waals surface area contributed by atoms with Crippen molar-refractivity contribution in [2.24, 2.45) is 0 Å². The Morgan fingerprint density at radius 3 is 2.91 bits per heavy atom. The number of piperazine rings is 1. The van der Waals surface area contributed by atoms with Gasteiger partial charge in [0.2, 0.25) is 0 Å². The van der Waals surface area contributed by atoms with Crippen molar-refractivity contribution in [2.75, 3.05) is 19.6 Å². The summed E-state index contributed by atoms with van der Waals surface area (Å²) in [5, 5.41) is 10.7. The molecule has 1 fully saturated rings. The lowest BCUT2D eigenvalue weighted by Gasteiger charge is -2.34. The Morgan fingerprint density at radius 2 is 2.23 bits per heavy atom. The minimum atomic E-state index is 0.114. The molecule has 0 unspecified atom stereocenters. The SMILES string of the molecule is C[C@H]1CNCCN1C(=O)c1ccc(CSc2ncn[nH]2)cc1. The summed E-state index contributed by atoms with van der Waals surface area (Å²) in [5.41, 5.74) is 1.91. The van der Waals surface area contributed by atoms with Gasteiger partial charge in [0, 0.05) is 37.0 Å². The monoisotopic (exact) mass is 317 g/mol. The Hall–Kier alpha value is -1.86. The molecule has 0 saturated carbocycles. The molecule has 22 heavy (non-hydrogen) atoms. The number of nitrogens with zero attached hydrogens (tertiary/aromatic N) is 3. The second kappa shape index (κ2) is 6.93. The van der Waals surface area contributed by atoms with Crippen molar-refractivity contribution in [3.8, 4) is 0 Å². The van der Waals surface area contributed by atoms with Gasteiger partial charge in [-0.3, -0.25) is 9.89 Å². The van der Waals surface area contributed by atoms with Crippen molar-refractivity contribution >= 4 is 17.7 Å². The smallest absolute Gasteiger partial charge is 0.254 e. The summed E-state index contributed by atoms with van der Waals surface area (Å²) in [4.78, 5) is 18.6. The number of amides is 1. The predicted octanol–water partition coefficient (Wildman–Crippen LogP) is 1.53. The van der Waals surface area contributed by atoms with Crippen LogP contribution in [0.3, 0.4) is 0 Å². The van der Waals surface area contributed by atoms with Crippen molar-refractivity contribution < 1.29 is 4.79 Å². The van der Waals surface area contributed by atoms with Gasteiger partial charge in [-0.05, 0) is 24.6 Å². The molecule has 6 nitrogen and oxygen atoms in total. The second-order valence-electron chi connectivity index (χ2n) is 5.33. The van der Waals surface area contributed by atoms with Crippen molar-refractivity contribution in [1.82, 2.24) is 25.4 Å². The van der Waals surface area contributed by atoms with Gasteiger partial charge in [0.25, 0.3) is 5.91 Å². The first-order chi connectivity index (χ1) is 10.7. The average molecular weight is 317 g/mol. The van der Waals surface area contributed by atoms with Crippen LogP contribution < -0.4 is 5.32 Å². The number of carbonyl (C=O) groups excluding carboxylic acids is 1. The zero-order chi connectivity index (χ0) is 15.4. The first-order valence-electron chi connectivity index (χ1n) is 7.33. The lowest BCUT2D eigenvalue weighted by Crippen LogP contribution is -2.52. The molecule has 1 atom stereocenters. The first-order valence-corrected chi connectivity index (χ1v) is 8.31. The number of H-pyrrole nitrogens is 1. The quantitative estimate of drug-likeness (QED) is 0.837. The van der Waals surface area contributed by atoms with Crippen molar-refractivity contribution in [3.05, 3.63) is 41.7 Å². The lowest BCUT2D eigenvalue weighted by molar-refractivity contribution is 0.0656. The molecule has 0 spiro atoms. The highest BCUT2D eigenvalue weighted by Crippen LogP contribution is 2.19. The average Bonchev–Trinajstić information content (AvgIpc) is 3.07. The number of aromatic amines is 1. The molecular formula is C15H19N5OS. The predicted molar refractivity (Wildman–Crippen MR) is 85.8 cm³/mol. The molecule has 2 aromatic rings. The molecule has 1 aromatic heterocycles. The maximum Gasteiger partial charge on any atom is 0.254 e. The molecule has 1 aromatic carbocycles. The number of carbonyl (C=O) groups is 1. The Kier molecular flexibility index (Phi) is 4.74. The largest absolute Gasteiger partial charge is 0.333 e. The minimum absolute atomic E-state index is 0.114. The van der Waals surface area contributed by atoms with E-state index in [0.29, 0.717) is 0 Å².